The van der Waals surface area contributed by atoms with Crippen LogP contribution in [0.5, 0.6) is 0 Å². The molecule has 0 bridgehead atoms. The van der Waals surface area contributed by atoms with Gasteiger partial charge in [-0.2, -0.15) is 18.4 Å². The number of hydrogen-bond donors (Lipinski definition) is 0. The maximum atomic E-state index is 12.4. The summed E-state index contributed by atoms with van der Waals surface area (Å²) in [5, 5.41) is 9.00. The molecule has 0 aliphatic rings. The fourth-order valence-corrected chi connectivity index (χ4v) is 2.85. The van der Waals surface area contributed by atoms with Crippen molar-refractivity contribution in [2.24, 2.45) is 0 Å². The second-order valence-electron chi connectivity index (χ2n) is 3.58. The van der Waals surface area contributed by atoms with Crippen LogP contribution in [0.2, 0.25) is 0 Å². The van der Waals surface area contributed by atoms with Gasteiger partial charge in [0.05, 0.1) is 18.6 Å². The van der Waals surface area contributed by atoms with Crippen molar-refractivity contribution in [3.63, 3.8) is 0 Å². The van der Waals surface area contributed by atoms with E-state index in [1.807, 2.05) is 6.07 Å². The smallest absolute Gasteiger partial charge is 0.446 e. The van der Waals surface area contributed by atoms with Gasteiger partial charge >= 0.3 is 11.5 Å². The minimum Gasteiger partial charge on any atom is -0.466 e. The zero-order valence-corrected chi connectivity index (χ0v) is 12.7. The third-order valence-electron chi connectivity index (χ3n) is 2.13. The van der Waals surface area contributed by atoms with Crippen LogP contribution >= 0.6 is 27.7 Å². The summed E-state index contributed by atoms with van der Waals surface area (Å²) in [6.45, 7) is 1.79. The van der Waals surface area contributed by atoms with Gasteiger partial charge in [-0.1, -0.05) is 0 Å². The molecule has 0 aromatic heterocycles. The first-order valence-corrected chi connectivity index (χ1v) is 7.01. The van der Waals surface area contributed by atoms with E-state index in [-0.39, 0.29) is 45.3 Å². The maximum Gasteiger partial charge on any atom is 0.446 e. The molecule has 0 N–H and O–H groups in total. The molecule has 0 atom stereocenters. The number of thioether (sulfide) groups is 1. The molecule has 0 saturated heterocycles. The Morgan fingerprint density at radius 2 is 2.15 bits per heavy atom. The summed E-state index contributed by atoms with van der Waals surface area (Å²) in [7, 11) is 0. The Labute approximate surface area is 126 Å². The second kappa shape index (κ2) is 6.99. The molecule has 0 radical (unpaired) electrons. The van der Waals surface area contributed by atoms with Crippen LogP contribution in [0.3, 0.4) is 0 Å². The largest absolute Gasteiger partial charge is 0.466 e. The molecule has 0 aliphatic carbocycles. The minimum absolute atomic E-state index is 0.0947. The van der Waals surface area contributed by atoms with E-state index >= 15 is 0 Å². The predicted octanol–water partition coefficient (Wildman–Crippen LogP) is 4.04. The molecule has 1 aromatic carbocycles. The van der Waals surface area contributed by atoms with Crippen molar-refractivity contribution in [3.05, 3.63) is 27.7 Å². The van der Waals surface area contributed by atoms with Gasteiger partial charge in [0.25, 0.3) is 0 Å². The van der Waals surface area contributed by atoms with Gasteiger partial charge in [0.15, 0.2) is 0 Å². The normalized spacial score (nSPS) is 11.0. The molecule has 0 heterocycles. The number of ether oxygens (including phenoxy) is 1. The number of benzene rings is 1. The number of esters is 1. The number of nitrogens with zero attached hydrogens (tertiary/aromatic N) is 1. The van der Waals surface area contributed by atoms with Gasteiger partial charge < -0.3 is 4.74 Å². The van der Waals surface area contributed by atoms with Crippen molar-refractivity contribution in [2.75, 3.05) is 6.61 Å². The highest BCUT2D eigenvalue weighted by molar-refractivity contribution is 9.10. The van der Waals surface area contributed by atoms with Gasteiger partial charge in [0, 0.05) is 9.37 Å². The first-order chi connectivity index (χ1) is 9.26. The summed E-state index contributed by atoms with van der Waals surface area (Å²) in [5.74, 6) is -0.593. The average molecular weight is 368 g/mol. The van der Waals surface area contributed by atoms with Crippen molar-refractivity contribution >= 4 is 33.7 Å². The molecule has 1 aromatic rings. The summed E-state index contributed by atoms with van der Waals surface area (Å²) in [5.41, 5.74) is -4.11. The first kappa shape index (κ1) is 16.9. The van der Waals surface area contributed by atoms with Gasteiger partial charge in [0.2, 0.25) is 0 Å². The van der Waals surface area contributed by atoms with Crippen molar-refractivity contribution < 1.29 is 22.7 Å². The van der Waals surface area contributed by atoms with E-state index in [0.29, 0.717) is 0 Å². The highest BCUT2D eigenvalue weighted by Crippen LogP contribution is 2.39. The van der Waals surface area contributed by atoms with Crippen LogP contribution in [-0.2, 0) is 16.0 Å². The summed E-state index contributed by atoms with van der Waals surface area (Å²) >= 11 is 2.74. The summed E-state index contributed by atoms with van der Waals surface area (Å²) in [4.78, 5) is 11.3. The number of hydrogen-bond acceptors (Lipinski definition) is 4. The first-order valence-electron chi connectivity index (χ1n) is 5.40. The van der Waals surface area contributed by atoms with E-state index in [9.17, 15) is 18.0 Å². The Hall–Kier alpha value is -1.20. The molecule has 3 nitrogen and oxygen atoms in total. The highest BCUT2D eigenvalue weighted by Gasteiger charge is 2.30. The maximum absolute atomic E-state index is 12.4. The fourth-order valence-electron chi connectivity index (χ4n) is 1.46. The van der Waals surface area contributed by atoms with Crippen LogP contribution in [0.4, 0.5) is 13.2 Å². The zero-order valence-electron chi connectivity index (χ0n) is 10.3. The van der Waals surface area contributed by atoms with Gasteiger partial charge in [-0.15, -0.1) is 0 Å². The Balaban J connectivity index is 3.13. The van der Waals surface area contributed by atoms with Gasteiger partial charge in [-0.05, 0) is 52.3 Å². The number of carbonyl (C=O) groups is 1. The molecular weight excluding hydrogens is 359 g/mol. The van der Waals surface area contributed by atoms with Crippen LogP contribution in [0.1, 0.15) is 18.1 Å². The molecule has 20 heavy (non-hydrogen) atoms. The second-order valence-corrected chi connectivity index (χ2v) is 5.57. The van der Waals surface area contributed by atoms with E-state index in [4.69, 9.17) is 10.00 Å². The quantitative estimate of drug-likeness (QED) is 0.595. The number of halogens is 4. The molecule has 0 saturated carbocycles. The van der Waals surface area contributed by atoms with Crippen molar-refractivity contribution in [1.82, 2.24) is 0 Å². The lowest BCUT2D eigenvalue weighted by Gasteiger charge is -2.10. The third-order valence-corrected chi connectivity index (χ3v) is 3.46. The SMILES string of the molecule is CCOC(=O)Cc1cc(SC(F)(F)F)cc(Br)c1C#N. The van der Waals surface area contributed by atoms with Gasteiger partial charge in [-0.3, -0.25) is 4.79 Å². The minimum atomic E-state index is -4.44. The molecule has 8 heteroatoms. The molecular formula is C12H9BrF3NO2S. The third kappa shape index (κ3) is 5.06. The Bertz CT molecular complexity index is 555. The molecule has 0 aliphatic heterocycles. The van der Waals surface area contributed by atoms with Crippen LogP contribution in [0.15, 0.2) is 21.5 Å². The summed E-state index contributed by atoms with van der Waals surface area (Å²) in [6.07, 6.45) is -0.248. The lowest BCUT2D eigenvalue weighted by molar-refractivity contribution is -0.142. The van der Waals surface area contributed by atoms with Crippen LogP contribution in [0.25, 0.3) is 0 Å². The molecule has 0 fully saturated rings. The summed E-state index contributed by atoms with van der Waals surface area (Å²) in [6, 6.07) is 4.23. The Kier molecular flexibility index (Phi) is 5.89. The molecule has 108 valence electrons. The van der Waals surface area contributed by atoms with E-state index < -0.39 is 11.5 Å². The van der Waals surface area contributed by atoms with Crippen molar-refractivity contribution in [1.29, 1.82) is 5.26 Å². The molecule has 1 rings (SSSR count). The number of carbonyl (C=O) groups excluding carboxylic acids is 1. The van der Waals surface area contributed by atoms with Crippen LogP contribution in [0, 0.1) is 11.3 Å². The van der Waals surface area contributed by atoms with Crippen molar-refractivity contribution in [3.8, 4) is 6.07 Å². The highest BCUT2D eigenvalue weighted by atomic mass is 79.9. The molecule has 0 spiro atoms. The van der Waals surface area contributed by atoms with Crippen LogP contribution < -0.4 is 0 Å². The lowest BCUT2D eigenvalue weighted by Crippen LogP contribution is -2.09. The van der Waals surface area contributed by atoms with Crippen LogP contribution in [-0.4, -0.2) is 18.1 Å². The van der Waals surface area contributed by atoms with E-state index in [1.54, 1.807) is 6.92 Å². The average Bonchev–Trinajstić information content (AvgIpc) is 2.26. The number of alkyl halides is 3. The topological polar surface area (TPSA) is 50.1 Å². The van der Waals surface area contributed by atoms with E-state index in [2.05, 4.69) is 15.9 Å². The fraction of sp³-hybridized carbons (Fsp3) is 0.333. The van der Waals surface area contributed by atoms with E-state index in [1.165, 1.54) is 12.1 Å². The monoisotopic (exact) mass is 367 g/mol. The zero-order chi connectivity index (χ0) is 15.3. The number of rotatable bonds is 4. The summed E-state index contributed by atoms with van der Waals surface area (Å²) < 4.78 is 42.0. The van der Waals surface area contributed by atoms with Gasteiger partial charge in [-0.25, -0.2) is 0 Å². The van der Waals surface area contributed by atoms with Gasteiger partial charge in [0.1, 0.15) is 6.07 Å². The Morgan fingerprint density at radius 3 is 2.65 bits per heavy atom. The lowest BCUT2D eigenvalue weighted by atomic mass is 10.1. The standard InChI is InChI=1S/C12H9BrF3NO2S/c1-2-19-11(18)4-7-3-8(20-12(14,15)16)5-10(13)9(7)6-17/h3,5H,2,4H2,1H3. The van der Waals surface area contributed by atoms with Crippen molar-refractivity contribution in [2.45, 2.75) is 23.7 Å². The predicted molar refractivity (Wildman–Crippen MR) is 71.1 cm³/mol. The Morgan fingerprint density at radius 1 is 1.50 bits per heavy atom. The number of nitriles is 1. The van der Waals surface area contributed by atoms with E-state index in [0.717, 1.165) is 0 Å². The molecule has 0 amide bonds. The molecule has 0 unspecified atom stereocenters.